The number of rotatable bonds is 8. The largest absolute Gasteiger partial charge is 0.708 e. The van der Waals surface area contributed by atoms with Gasteiger partial charge in [0.1, 0.15) is 24.6 Å². The normalized spacial score (nSPS) is 25.6. The van der Waals surface area contributed by atoms with Crippen molar-refractivity contribution in [3.8, 4) is 0 Å². The Morgan fingerprint density at radius 2 is 2.11 bits per heavy atom. The first kappa shape index (κ1) is 21.2. The number of nitrogens with zero attached hydrogens (tertiary/aromatic N) is 4. The molecule has 3 heterocycles. The number of nitrogens with two attached hydrogens (primary N) is 1. The van der Waals surface area contributed by atoms with E-state index in [-0.39, 0.29) is 18.8 Å². The van der Waals surface area contributed by atoms with Crippen LogP contribution in [0, 0.1) is 0 Å². The second-order valence-electron chi connectivity index (χ2n) is 5.42. The maximum Gasteiger partial charge on any atom is 0.708 e. The van der Waals surface area contributed by atoms with Gasteiger partial charge in [0.05, 0.1) is 12.4 Å². The third kappa shape index (κ3) is 4.91. The lowest BCUT2D eigenvalue weighted by atomic mass is 10.2. The molecule has 2 aromatic rings. The van der Waals surface area contributed by atoms with E-state index < -0.39 is 42.8 Å². The van der Waals surface area contributed by atoms with E-state index >= 15 is 0 Å². The summed E-state index contributed by atoms with van der Waals surface area (Å²) < 4.78 is 52.8. The SMILES string of the molecule is Nc1ncnc2c1ncn2[C@@H]1O[C@H](CO[P+](=O)OP(=O)(O)O[P+](=O)O)C[C@H]1O. The summed E-state index contributed by atoms with van der Waals surface area (Å²) >= 11 is 0. The Kier molecular flexibility index (Phi) is 6.42. The van der Waals surface area contributed by atoms with Crippen molar-refractivity contribution in [2.75, 3.05) is 12.3 Å². The number of ether oxygens (including phenoxy) is 1. The predicted octanol–water partition coefficient (Wildman–Crippen LogP) is 0.514. The number of aliphatic hydroxyl groups is 1. The number of anilines is 1. The molecule has 0 aromatic carbocycles. The van der Waals surface area contributed by atoms with Crippen molar-refractivity contribution in [2.45, 2.75) is 24.9 Å². The van der Waals surface area contributed by atoms with Crippen molar-refractivity contribution in [1.82, 2.24) is 19.5 Å². The summed E-state index contributed by atoms with van der Waals surface area (Å²) in [6, 6.07) is 0. The predicted molar refractivity (Wildman–Crippen MR) is 89.6 cm³/mol. The molecular formula is C10H14N5O10P3+2. The second kappa shape index (κ2) is 8.47. The molecule has 0 amide bonds. The van der Waals surface area contributed by atoms with E-state index in [1.807, 2.05) is 0 Å². The minimum Gasteiger partial charge on any atom is -0.388 e. The van der Waals surface area contributed by atoms with Gasteiger partial charge in [0.25, 0.3) is 0 Å². The third-order valence-electron chi connectivity index (χ3n) is 3.54. The topological polar surface area (TPSA) is 218 Å². The number of nitrogen functional groups attached to an aromatic ring is 1. The molecule has 3 rings (SSSR count). The Labute approximate surface area is 157 Å². The molecule has 1 aliphatic heterocycles. The van der Waals surface area contributed by atoms with Gasteiger partial charge in [-0.05, 0) is 0 Å². The average molecular weight is 457 g/mol. The van der Waals surface area contributed by atoms with Gasteiger partial charge in [-0.1, -0.05) is 0 Å². The molecule has 152 valence electrons. The monoisotopic (exact) mass is 457 g/mol. The van der Waals surface area contributed by atoms with Gasteiger partial charge in [0.15, 0.2) is 17.7 Å². The minimum absolute atomic E-state index is 0.0733. The van der Waals surface area contributed by atoms with Crippen molar-refractivity contribution in [3.05, 3.63) is 12.7 Å². The fraction of sp³-hybridized carbons (Fsp3) is 0.500. The zero-order valence-corrected chi connectivity index (χ0v) is 16.4. The number of imidazole rings is 1. The van der Waals surface area contributed by atoms with E-state index in [9.17, 15) is 18.8 Å². The van der Waals surface area contributed by atoms with Crippen molar-refractivity contribution < 1.29 is 46.5 Å². The van der Waals surface area contributed by atoms with E-state index in [1.165, 1.54) is 17.2 Å². The highest BCUT2D eigenvalue weighted by Gasteiger charge is 2.46. The maximum atomic E-state index is 11.6. The molecule has 18 heteroatoms. The number of fused-ring (bicyclic) bond motifs is 1. The van der Waals surface area contributed by atoms with Crippen LogP contribution < -0.4 is 5.73 Å². The highest BCUT2D eigenvalue weighted by molar-refractivity contribution is 7.61. The van der Waals surface area contributed by atoms with Crippen LogP contribution in [0.2, 0.25) is 0 Å². The first-order valence-corrected chi connectivity index (χ1v) is 11.1. The summed E-state index contributed by atoms with van der Waals surface area (Å²) in [4.78, 5) is 29.4. The fourth-order valence-electron chi connectivity index (χ4n) is 2.50. The molecule has 15 nitrogen and oxygen atoms in total. The zero-order valence-electron chi connectivity index (χ0n) is 13.7. The number of aromatic nitrogens is 4. The van der Waals surface area contributed by atoms with Crippen LogP contribution in [0.3, 0.4) is 0 Å². The second-order valence-corrected chi connectivity index (χ2v) is 8.85. The molecule has 28 heavy (non-hydrogen) atoms. The minimum atomic E-state index is -5.03. The number of hydrogen-bond acceptors (Lipinski definition) is 12. The van der Waals surface area contributed by atoms with Crippen LogP contribution in [0.1, 0.15) is 12.6 Å². The van der Waals surface area contributed by atoms with Crippen molar-refractivity contribution >= 4 is 41.3 Å². The van der Waals surface area contributed by atoms with Gasteiger partial charge >= 0.3 is 24.3 Å². The van der Waals surface area contributed by atoms with Crippen LogP contribution in [-0.4, -0.2) is 53.2 Å². The lowest BCUT2D eigenvalue weighted by molar-refractivity contribution is -0.0459. The molecule has 0 spiro atoms. The Morgan fingerprint density at radius 3 is 2.82 bits per heavy atom. The number of phosphoric acid groups is 1. The molecule has 6 atom stereocenters. The molecule has 3 unspecified atom stereocenters. The van der Waals surface area contributed by atoms with Gasteiger partial charge in [-0.25, -0.2) is 19.5 Å². The molecule has 1 saturated heterocycles. The highest BCUT2D eigenvalue weighted by Crippen LogP contribution is 2.57. The van der Waals surface area contributed by atoms with E-state index in [1.54, 1.807) is 0 Å². The standard InChI is InChI=1S/C10H12N5O10P3/c11-8-7-9(13-3-12-8)15(4-14-7)10-6(16)1-5(23-10)2-22-27(19)25-28(20,21)24-26(17)18/h3-6,10,16H,1-2H2,(H2-2,11,12,13,17,18,20,21)/p+2/t5-,6+,10+/m0/s1. The molecule has 2 aromatic heterocycles. The molecule has 1 aliphatic rings. The summed E-state index contributed by atoms with van der Waals surface area (Å²) in [5.74, 6) is 0.158. The lowest BCUT2D eigenvalue weighted by Crippen LogP contribution is -2.19. The van der Waals surface area contributed by atoms with Crippen LogP contribution >= 0.6 is 24.3 Å². The summed E-state index contributed by atoms with van der Waals surface area (Å²) in [5.41, 5.74) is 6.37. The van der Waals surface area contributed by atoms with E-state index in [0.717, 1.165) is 0 Å². The van der Waals surface area contributed by atoms with Crippen molar-refractivity contribution in [3.63, 3.8) is 0 Å². The van der Waals surface area contributed by atoms with Crippen molar-refractivity contribution in [1.29, 1.82) is 0 Å². The van der Waals surface area contributed by atoms with Crippen LogP contribution in [0.25, 0.3) is 11.2 Å². The summed E-state index contributed by atoms with van der Waals surface area (Å²) in [7, 11) is -11.6. The van der Waals surface area contributed by atoms with E-state index in [2.05, 4.69) is 23.6 Å². The van der Waals surface area contributed by atoms with Crippen LogP contribution in [-0.2, 0) is 31.6 Å². The number of aliphatic hydroxyl groups excluding tert-OH is 1. The van der Waals surface area contributed by atoms with Crippen LogP contribution in [0.5, 0.6) is 0 Å². The molecular weight excluding hydrogens is 443 g/mol. The molecule has 5 N–H and O–H groups in total. The molecule has 1 fully saturated rings. The van der Waals surface area contributed by atoms with Gasteiger partial charge in [0.2, 0.25) is 0 Å². The molecule has 0 bridgehead atoms. The highest BCUT2D eigenvalue weighted by atomic mass is 31.3. The summed E-state index contributed by atoms with van der Waals surface area (Å²) in [6.07, 6.45) is 0.0296. The van der Waals surface area contributed by atoms with Gasteiger partial charge in [-0.2, -0.15) is 0 Å². The van der Waals surface area contributed by atoms with E-state index in [4.69, 9.17) is 24.8 Å². The third-order valence-corrected chi connectivity index (χ3v) is 6.64. The summed E-state index contributed by atoms with van der Waals surface area (Å²) in [5, 5.41) is 10.2. The molecule has 0 saturated carbocycles. The van der Waals surface area contributed by atoms with E-state index in [0.29, 0.717) is 11.2 Å². The van der Waals surface area contributed by atoms with Crippen LogP contribution in [0.4, 0.5) is 5.82 Å². The Morgan fingerprint density at radius 1 is 1.36 bits per heavy atom. The first-order chi connectivity index (χ1) is 13.2. The van der Waals surface area contributed by atoms with Crippen LogP contribution in [0.15, 0.2) is 12.7 Å². The lowest BCUT2D eigenvalue weighted by Gasteiger charge is -2.16. The van der Waals surface area contributed by atoms with Crippen molar-refractivity contribution in [2.24, 2.45) is 0 Å². The smallest absolute Gasteiger partial charge is 0.388 e. The summed E-state index contributed by atoms with van der Waals surface area (Å²) in [6.45, 7) is -0.377. The Bertz CT molecular complexity index is 955. The molecule has 0 aliphatic carbocycles. The zero-order chi connectivity index (χ0) is 20.5. The number of hydrogen-bond donors (Lipinski definition) is 4. The quantitative estimate of drug-likeness (QED) is 0.397. The van der Waals surface area contributed by atoms with Gasteiger partial charge in [-0.3, -0.25) is 9.46 Å². The Hall–Kier alpha value is -1.50. The maximum absolute atomic E-state index is 11.6. The fourth-order valence-corrected chi connectivity index (χ4v) is 4.74. The van der Waals surface area contributed by atoms with Gasteiger partial charge < -0.3 is 15.6 Å². The first-order valence-electron chi connectivity index (χ1n) is 7.41. The average Bonchev–Trinajstić information content (AvgIpc) is 3.15. The van der Waals surface area contributed by atoms with Gasteiger partial charge in [-0.15, -0.1) is 9.42 Å². The Balaban J connectivity index is 1.59. The van der Waals surface area contributed by atoms with Gasteiger partial charge in [0, 0.05) is 24.2 Å². The molecule has 0 radical (unpaired) electrons.